The lowest BCUT2D eigenvalue weighted by Gasteiger charge is -2.26. The SMILES string of the molecule is COc1ccc(C(=O)OCC(=O)c2ccc(Cl)cc2Cl)cc1S(=O)(=O)N1CCOCC1. The van der Waals surface area contributed by atoms with Crippen LogP contribution in [0.5, 0.6) is 5.75 Å². The van der Waals surface area contributed by atoms with Crippen molar-refractivity contribution in [1.29, 1.82) is 0 Å². The number of Topliss-reactive ketones (excluding diaryl/α,β-unsaturated/α-hetero) is 1. The van der Waals surface area contributed by atoms with Crippen LogP contribution < -0.4 is 4.74 Å². The molecule has 31 heavy (non-hydrogen) atoms. The first-order chi connectivity index (χ1) is 14.7. The number of hydrogen-bond acceptors (Lipinski definition) is 7. The smallest absolute Gasteiger partial charge is 0.338 e. The first kappa shape index (κ1) is 23.5. The van der Waals surface area contributed by atoms with Gasteiger partial charge in [-0.25, -0.2) is 13.2 Å². The molecule has 1 fully saturated rings. The Kier molecular flexibility index (Phi) is 7.55. The summed E-state index contributed by atoms with van der Waals surface area (Å²) in [5.41, 5.74) is 0.117. The van der Waals surface area contributed by atoms with Gasteiger partial charge in [-0.15, -0.1) is 0 Å². The van der Waals surface area contributed by atoms with E-state index in [1.807, 2.05) is 0 Å². The van der Waals surface area contributed by atoms with Crippen molar-refractivity contribution in [3.63, 3.8) is 0 Å². The minimum Gasteiger partial charge on any atom is -0.495 e. The van der Waals surface area contributed by atoms with Crippen LogP contribution in [-0.4, -0.2) is 64.5 Å². The van der Waals surface area contributed by atoms with E-state index in [9.17, 15) is 18.0 Å². The molecule has 2 aromatic carbocycles. The summed E-state index contributed by atoms with van der Waals surface area (Å²) in [4.78, 5) is 24.6. The van der Waals surface area contributed by atoms with Gasteiger partial charge in [-0.1, -0.05) is 23.2 Å². The third-order valence-electron chi connectivity index (χ3n) is 4.55. The molecule has 0 unspecified atom stereocenters. The molecule has 0 aromatic heterocycles. The summed E-state index contributed by atoms with van der Waals surface area (Å²) in [6, 6.07) is 8.23. The molecule has 0 N–H and O–H groups in total. The van der Waals surface area contributed by atoms with Gasteiger partial charge in [0.15, 0.2) is 6.61 Å². The highest BCUT2D eigenvalue weighted by Gasteiger charge is 2.30. The summed E-state index contributed by atoms with van der Waals surface area (Å²) in [5.74, 6) is -1.30. The molecule has 1 aliphatic rings. The van der Waals surface area contributed by atoms with Crippen LogP contribution in [0.1, 0.15) is 20.7 Å². The second kappa shape index (κ2) is 9.97. The second-order valence-electron chi connectivity index (χ2n) is 6.51. The zero-order valence-electron chi connectivity index (χ0n) is 16.5. The third kappa shape index (κ3) is 5.36. The van der Waals surface area contributed by atoms with Crippen LogP contribution in [0.4, 0.5) is 0 Å². The summed E-state index contributed by atoms with van der Waals surface area (Å²) in [7, 11) is -2.59. The van der Waals surface area contributed by atoms with E-state index in [2.05, 4.69) is 0 Å². The highest BCUT2D eigenvalue weighted by molar-refractivity contribution is 7.89. The third-order valence-corrected chi connectivity index (χ3v) is 7.02. The van der Waals surface area contributed by atoms with Gasteiger partial charge >= 0.3 is 5.97 Å². The van der Waals surface area contributed by atoms with E-state index in [0.717, 1.165) is 0 Å². The quantitative estimate of drug-likeness (QED) is 0.436. The van der Waals surface area contributed by atoms with Crippen molar-refractivity contribution < 1.29 is 32.2 Å². The lowest BCUT2D eigenvalue weighted by atomic mass is 10.1. The van der Waals surface area contributed by atoms with E-state index < -0.39 is 28.4 Å². The molecular formula is C20H19Cl2NO7S. The first-order valence-corrected chi connectivity index (χ1v) is 11.3. The molecule has 166 valence electrons. The standard InChI is InChI=1S/C20H19Cl2NO7S/c1-28-18-5-2-13(10-19(18)31(26,27)23-6-8-29-9-7-23)20(25)30-12-17(24)15-4-3-14(21)11-16(15)22/h2-5,10-11H,6-9,12H2,1H3. The van der Waals surface area contributed by atoms with Crippen molar-refractivity contribution >= 4 is 45.0 Å². The van der Waals surface area contributed by atoms with Gasteiger partial charge in [0.1, 0.15) is 10.6 Å². The van der Waals surface area contributed by atoms with Crippen LogP contribution >= 0.6 is 23.2 Å². The van der Waals surface area contributed by atoms with Crippen molar-refractivity contribution in [3.05, 3.63) is 57.6 Å². The number of halogens is 2. The normalized spacial score (nSPS) is 14.8. The van der Waals surface area contributed by atoms with Crippen LogP contribution in [0.2, 0.25) is 10.0 Å². The summed E-state index contributed by atoms with van der Waals surface area (Å²) >= 11 is 11.8. The zero-order valence-corrected chi connectivity index (χ0v) is 18.8. The molecule has 1 saturated heterocycles. The Morgan fingerprint density at radius 3 is 2.45 bits per heavy atom. The van der Waals surface area contributed by atoms with Crippen molar-refractivity contribution in [2.24, 2.45) is 0 Å². The number of morpholine rings is 1. The van der Waals surface area contributed by atoms with Gasteiger partial charge < -0.3 is 14.2 Å². The maximum absolute atomic E-state index is 13.0. The van der Waals surface area contributed by atoms with Gasteiger partial charge in [0.25, 0.3) is 0 Å². The average Bonchev–Trinajstić information content (AvgIpc) is 2.77. The van der Waals surface area contributed by atoms with Crippen molar-refractivity contribution in [2.45, 2.75) is 4.90 Å². The number of carbonyl (C=O) groups excluding carboxylic acids is 2. The second-order valence-corrected chi connectivity index (χ2v) is 9.26. The number of esters is 1. The van der Waals surface area contributed by atoms with Gasteiger partial charge in [-0.05, 0) is 36.4 Å². The Morgan fingerprint density at radius 2 is 1.81 bits per heavy atom. The molecule has 0 amide bonds. The van der Waals surface area contributed by atoms with E-state index in [4.69, 9.17) is 37.4 Å². The average molecular weight is 488 g/mol. The van der Waals surface area contributed by atoms with Gasteiger partial charge in [-0.3, -0.25) is 4.79 Å². The Labute approximate surface area is 189 Å². The Morgan fingerprint density at radius 1 is 1.10 bits per heavy atom. The fraction of sp³-hybridized carbons (Fsp3) is 0.300. The van der Waals surface area contributed by atoms with Crippen molar-refractivity contribution in [2.75, 3.05) is 40.0 Å². The molecule has 0 saturated carbocycles. The number of rotatable bonds is 7. The number of methoxy groups -OCH3 is 1. The van der Waals surface area contributed by atoms with Crippen LogP contribution in [-0.2, 0) is 19.5 Å². The molecule has 0 aliphatic carbocycles. The Hall–Kier alpha value is -2.17. The molecule has 0 atom stereocenters. The van der Waals surface area contributed by atoms with Gasteiger partial charge in [0, 0.05) is 23.7 Å². The molecule has 11 heteroatoms. The fourth-order valence-electron chi connectivity index (χ4n) is 2.94. The lowest BCUT2D eigenvalue weighted by Crippen LogP contribution is -2.40. The molecule has 8 nitrogen and oxygen atoms in total. The van der Waals surface area contributed by atoms with Crippen LogP contribution in [0.15, 0.2) is 41.3 Å². The van der Waals surface area contributed by atoms with Gasteiger partial charge in [0.2, 0.25) is 15.8 Å². The van der Waals surface area contributed by atoms with Gasteiger partial charge in [0.05, 0.1) is 30.9 Å². The van der Waals surface area contributed by atoms with E-state index >= 15 is 0 Å². The number of ether oxygens (including phenoxy) is 3. The van der Waals surface area contributed by atoms with Crippen LogP contribution in [0.3, 0.4) is 0 Å². The van der Waals surface area contributed by atoms with Crippen LogP contribution in [0.25, 0.3) is 0 Å². The molecular weight excluding hydrogens is 469 g/mol. The molecule has 0 spiro atoms. The minimum atomic E-state index is -3.92. The maximum atomic E-state index is 13.0. The Balaban J connectivity index is 1.78. The largest absolute Gasteiger partial charge is 0.495 e. The van der Waals surface area contributed by atoms with E-state index in [-0.39, 0.29) is 53.1 Å². The predicted octanol–water partition coefficient (Wildman–Crippen LogP) is 3.06. The highest BCUT2D eigenvalue weighted by atomic mass is 35.5. The highest BCUT2D eigenvalue weighted by Crippen LogP contribution is 2.29. The van der Waals surface area contributed by atoms with Gasteiger partial charge in [-0.2, -0.15) is 4.31 Å². The summed E-state index contributed by atoms with van der Waals surface area (Å²) in [6.45, 7) is 0.363. The number of sulfonamides is 1. The zero-order chi connectivity index (χ0) is 22.6. The number of benzene rings is 2. The molecule has 0 radical (unpaired) electrons. The first-order valence-electron chi connectivity index (χ1n) is 9.15. The maximum Gasteiger partial charge on any atom is 0.338 e. The molecule has 0 bridgehead atoms. The minimum absolute atomic E-state index is 0.0392. The number of hydrogen-bond donors (Lipinski definition) is 0. The summed E-state index contributed by atoms with van der Waals surface area (Å²) in [5, 5.41) is 0.502. The van der Waals surface area contributed by atoms with Crippen molar-refractivity contribution in [3.8, 4) is 5.75 Å². The number of carbonyl (C=O) groups is 2. The lowest BCUT2D eigenvalue weighted by molar-refractivity contribution is 0.0474. The molecule has 3 rings (SSSR count). The fourth-order valence-corrected chi connectivity index (χ4v) is 5.04. The number of ketones is 1. The molecule has 1 aliphatic heterocycles. The Bertz CT molecular complexity index is 1100. The van der Waals surface area contributed by atoms with E-state index in [1.165, 1.54) is 47.8 Å². The predicted molar refractivity (Wildman–Crippen MR) is 114 cm³/mol. The van der Waals surface area contributed by atoms with E-state index in [1.54, 1.807) is 0 Å². The monoisotopic (exact) mass is 487 g/mol. The number of nitrogens with zero attached hydrogens (tertiary/aromatic N) is 1. The summed E-state index contributed by atoms with van der Waals surface area (Å²) < 4.78 is 42.7. The van der Waals surface area contributed by atoms with Crippen LogP contribution in [0, 0.1) is 0 Å². The topological polar surface area (TPSA) is 99.2 Å². The van der Waals surface area contributed by atoms with Crippen molar-refractivity contribution in [1.82, 2.24) is 4.31 Å². The molecule has 2 aromatic rings. The van der Waals surface area contributed by atoms with E-state index in [0.29, 0.717) is 5.02 Å². The molecule has 1 heterocycles. The summed E-state index contributed by atoms with van der Waals surface area (Å²) in [6.07, 6.45) is 0.